The second kappa shape index (κ2) is 7.87. The number of nitrogens with zero attached hydrogens (tertiary/aromatic N) is 4. The molecule has 0 unspecified atom stereocenters. The van der Waals surface area contributed by atoms with Gasteiger partial charge in [-0.05, 0) is 13.8 Å². The molecule has 8 heteroatoms. The summed E-state index contributed by atoms with van der Waals surface area (Å²) >= 11 is 0. The fourth-order valence-corrected chi connectivity index (χ4v) is 1.77. The topological polar surface area (TPSA) is 105 Å². The minimum atomic E-state index is -0.248. The van der Waals surface area contributed by atoms with E-state index >= 15 is 0 Å². The number of hydrogen-bond acceptors (Lipinski definition) is 7. The summed E-state index contributed by atoms with van der Waals surface area (Å²) in [6.07, 6.45) is 4.44. The van der Waals surface area contributed by atoms with Crippen molar-refractivity contribution in [2.45, 2.75) is 13.8 Å². The monoisotopic (exact) mass is 301 g/mol. The van der Waals surface area contributed by atoms with Crippen LogP contribution < -0.4 is 16.0 Å². The lowest BCUT2D eigenvalue weighted by atomic mass is 10.4. The first kappa shape index (κ1) is 15.6. The van der Waals surface area contributed by atoms with Gasteiger partial charge >= 0.3 is 0 Å². The Morgan fingerprint density at radius 3 is 2.77 bits per heavy atom. The molecular formula is C14H19N7O. The van der Waals surface area contributed by atoms with E-state index in [0.717, 1.165) is 18.1 Å². The van der Waals surface area contributed by atoms with E-state index in [1.54, 1.807) is 0 Å². The van der Waals surface area contributed by atoms with Crippen molar-refractivity contribution < 1.29 is 4.79 Å². The molecule has 0 atom stereocenters. The molecule has 0 aliphatic carbocycles. The normalized spacial score (nSPS) is 10.1. The highest BCUT2D eigenvalue weighted by Gasteiger charge is 2.06. The Morgan fingerprint density at radius 2 is 2.05 bits per heavy atom. The van der Waals surface area contributed by atoms with E-state index in [0.29, 0.717) is 24.7 Å². The molecule has 0 aliphatic rings. The molecule has 2 rings (SSSR count). The predicted molar refractivity (Wildman–Crippen MR) is 83.8 cm³/mol. The van der Waals surface area contributed by atoms with E-state index in [1.165, 1.54) is 18.6 Å². The third-order valence-corrected chi connectivity index (χ3v) is 2.70. The SMILES string of the molecule is CCNc1nc(C)cc(NCCNC(=O)c2cnccn2)n1. The Bertz CT molecular complexity index is 618. The first-order chi connectivity index (χ1) is 10.7. The van der Waals surface area contributed by atoms with Crippen molar-refractivity contribution in [2.75, 3.05) is 30.3 Å². The van der Waals surface area contributed by atoms with Gasteiger partial charge in [0.15, 0.2) is 0 Å². The average molecular weight is 301 g/mol. The lowest BCUT2D eigenvalue weighted by Gasteiger charge is -2.09. The molecule has 0 fully saturated rings. The van der Waals surface area contributed by atoms with E-state index in [1.807, 2.05) is 19.9 Å². The molecule has 1 amide bonds. The summed E-state index contributed by atoms with van der Waals surface area (Å²) < 4.78 is 0. The summed E-state index contributed by atoms with van der Waals surface area (Å²) in [7, 11) is 0. The van der Waals surface area contributed by atoms with Gasteiger partial charge in [-0.1, -0.05) is 0 Å². The molecule has 2 aromatic heterocycles. The number of carbonyl (C=O) groups excluding carboxylic acids is 1. The van der Waals surface area contributed by atoms with Crippen molar-refractivity contribution in [2.24, 2.45) is 0 Å². The minimum absolute atomic E-state index is 0.248. The standard InChI is InChI=1S/C14H19N7O/c1-3-16-14-20-10(2)8-12(21-14)18-6-7-19-13(22)11-9-15-4-5-17-11/h4-5,8-9H,3,6-7H2,1-2H3,(H,19,22)(H2,16,18,20,21). The van der Waals surface area contributed by atoms with Gasteiger partial charge < -0.3 is 16.0 Å². The summed E-state index contributed by atoms with van der Waals surface area (Å²) in [6.45, 7) is 5.66. The molecule has 2 aromatic rings. The number of anilines is 2. The Balaban J connectivity index is 1.80. The molecule has 0 spiro atoms. The summed E-state index contributed by atoms with van der Waals surface area (Å²) in [4.78, 5) is 28.2. The van der Waals surface area contributed by atoms with Crippen LogP contribution in [0.25, 0.3) is 0 Å². The average Bonchev–Trinajstić information content (AvgIpc) is 2.52. The van der Waals surface area contributed by atoms with Gasteiger partial charge in [-0.2, -0.15) is 4.98 Å². The zero-order valence-corrected chi connectivity index (χ0v) is 12.6. The van der Waals surface area contributed by atoms with Gasteiger partial charge in [0.1, 0.15) is 11.5 Å². The van der Waals surface area contributed by atoms with Gasteiger partial charge in [0, 0.05) is 43.8 Å². The predicted octanol–water partition coefficient (Wildman–Crippen LogP) is 0.849. The molecule has 116 valence electrons. The minimum Gasteiger partial charge on any atom is -0.368 e. The highest BCUT2D eigenvalue weighted by molar-refractivity contribution is 5.91. The lowest BCUT2D eigenvalue weighted by molar-refractivity contribution is 0.0950. The van der Waals surface area contributed by atoms with Crippen LogP contribution in [0.15, 0.2) is 24.7 Å². The number of rotatable bonds is 7. The first-order valence-electron chi connectivity index (χ1n) is 7.06. The Kier molecular flexibility index (Phi) is 5.58. The van der Waals surface area contributed by atoms with Crippen molar-refractivity contribution in [1.82, 2.24) is 25.3 Å². The molecule has 3 N–H and O–H groups in total. The van der Waals surface area contributed by atoms with Crippen LogP contribution in [0.3, 0.4) is 0 Å². The highest BCUT2D eigenvalue weighted by Crippen LogP contribution is 2.08. The van der Waals surface area contributed by atoms with Gasteiger partial charge in [0.2, 0.25) is 5.95 Å². The fourth-order valence-electron chi connectivity index (χ4n) is 1.77. The van der Waals surface area contributed by atoms with Gasteiger partial charge in [-0.3, -0.25) is 9.78 Å². The quantitative estimate of drug-likeness (QED) is 0.651. The van der Waals surface area contributed by atoms with Crippen molar-refractivity contribution in [3.8, 4) is 0 Å². The Hall–Kier alpha value is -2.77. The highest BCUT2D eigenvalue weighted by atomic mass is 16.1. The van der Waals surface area contributed by atoms with Crippen LogP contribution in [0.1, 0.15) is 23.1 Å². The number of amides is 1. The molecule has 8 nitrogen and oxygen atoms in total. The summed E-state index contributed by atoms with van der Waals surface area (Å²) in [5.74, 6) is 1.06. The molecule has 0 bridgehead atoms. The van der Waals surface area contributed by atoms with E-state index in [-0.39, 0.29) is 5.91 Å². The van der Waals surface area contributed by atoms with Crippen LogP contribution in [-0.4, -0.2) is 45.5 Å². The number of aromatic nitrogens is 4. The summed E-state index contributed by atoms with van der Waals surface area (Å²) in [6, 6.07) is 1.85. The van der Waals surface area contributed by atoms with Crippen molar-refractivity contribution >= 4 is 17.7 Å². The number of nitrogens with one attached hydrogen (secondary N) is 3. The maximum atomic E-state index is 11.8. The molecule has 0 radical (unpaired) electrons. The molecule has 0 aromatic carbocycles. The van der Waals surface area contributed by atoms with Crippen molar-refractivity contribution in [1.29, 1.82) is 0 Å². The van der Waals surface area contributed by atoms with Crippen LogP contribution in [0.2, 0.25) is 0 Å². The number of hydrogen-bond donors (Lipinski definition) is 3. The van der Waals surface area contributed by atoms with Crippen LogP contribution >= 0.6 is 0 Å². The third-order valence-electron chi connectivity index (χ3n) is 2.70. The second-order valence-corrected chi connectivity index (χ2v) is 4.52. The number of aryl methyl sites for hydroxylation is 1. The van der Waals surface area contributed by atoms with Crippen LogP contribution in [0, 0.1) is 6.92 Å². The van der Waals surface area contributed by atoms with Crippen molar-refractivity contribution in [3.05, 3.63) is 36.0 Å². The van der Waals surface area contributed by atoms with Crippen molar-refractivity contribution in [3.63, 3.8) is 0 Å². The first-order valence-corrected chi connectivity index (χ1v) is 7.06. The van der Waals surface area contributed by atoms with Gasteiger partial charge in [-0.15, -0.1) is 0 Å². The molecule has 0 aliphatic heterocycles. The van der Waals surface area contributed by atoms with E-state index in [2.05, 4.69) is 35.9 Å². The molecule has 0 saturated carbocycles. The maximum Gasteiger partial charge on any atom is 0.271 e. The van der Waals surface area contributed by atoms with E-state index < -0.39 is 0 Å². The van der Waals surface area contributed by atoms with Crippen LogP contribution in [-0.2, 0) is 0 Å². The van der Waals surface area contributed by atoms with Gasteiger partial charge in [-0.25, -0.2) is 9.97 Å². The molecular weight excluding hydrogens is 282 g/mol. The number of carbonyl (C=O) groups is 1. The van der Waals surface area contributed by atoms with E-state index in [9.17, 15) is 4.79 Å². The summed E-state index contributed by atoms with van der Waals surface area (Å²) in [5.41, 5.74) is 1.17. The zero-order chi connectivity index (χ0) is 15.8. The Morgan fingerprint density at radius 1 is 1.18 bits per heavy atom. The largest absolute Gasteiger partial charge is 0.368 e. The van der Waals surface area contributed by atoms with Gasteiger partial charge in [0.05, 0.1) is 6.20 Å². The molecule has 0 saturated heterocycles. The zero-order valence-electron chi connectivity index (χ0n) is 12.6. The maximum absolute atomic E-state index is 11.8. The third kappa shape index (κ3) is 4.65. The van der Waals surface area contributed by atoms with Crippen LogP contribution in [0.5, 0.6) is 0 Å². The van der Waals surface area contributed by atoms with Crippen LogP contribution in [0.4, 0.5) is 11.8 Å². The molecule has 2 heterocycles. The smallest absolute Gasteiger partial charge is 0.271 e. The Labute approximate surface area is 128 Å². The summed E-state index contributed by atoms with van der Waals surface area (Å²) in [5, 5.41) is 8.98. The molecule has 22 heavy (non-hydrogen) atoms. The lowest BCUT2D eigenvalue weighted by Crippen LogP contribution is -2.29. The second-order valence-electron chi connectivity index (χ2n) is 4.52. The van der Waals surface area contributed by atoms with Gasteiger partial charge in [0.25, 0.3) is 5.91 Å². The fraction of sp³-hybridized carbons (Fsp3) is 0.357. The van der Waals surface area contributed by atoms with E-state index in [4.69, 9.17) is 0 Å².